The van der Waals surface area contributed by atoms with E-state index in [0.29, 0.717) is 36.8 Å². The minimum atomic E-state index is -4.36. The number of carbonyl (C=O) groups excluding carboxylic acids is 1. The third-order valence-electron chi connectivity index (χ3n) is 6.29. The van der Waals surface area contributed by atoms with Gasteiger partial charge in [-0.15, -0.1) is 0 Å². The second-order valence-electron chi connectivity index (χ2n) is 8.73. The lowest BCUT2D eigenvalue weighted by Gasteiger charge is -2.32. The summed E-state index contributed by atoms with van der Waals surface area (Å²) in [5.41, 5.74) is 0.965. The number of nitrogens with one attached hydrogen (secondary N) is 1. The molecule has 1 aliphatic rings. The molecule has 0 radical (unpaired) electrons. The van der Waals surface area contributed by atoms with Crippen molar-refractivity contribution in [3.63, 3.8) is 0 Å². The number of amides is 1. The standard InChI is InChI=1S/C27H27ClF3N3O2/c28-22-8-4-19(5-9-22)25(24-3-1-2-14-32-24)33-26(35)20-12-15-34(16-13-20)17-18-36-23-10-6-21(7-11-23)27(29,30)31/h1-11,14,20,25H,12-13,15-18H2,(H,33,35)/t25-/m0/s1. The molecule has 1 N–H and O–H groups in total. The van der Waals surface area contributed by atoms with Crippen LogP contribution in [-0.2, 0) is 11.0 Å². The Morgan fingerprint density at radius 2 is 1.75 bits per heavy atom. The molecule has 3 aromatic rings. The molecule has 0 bridgehead atoms. The van der Waals surface area contributed by atoms with Crippen LogP contribution in [0.1, 0.15) is 35.7 Å². The second-order valence-corrected chi connectivity index (χ2v) is 9.17. The van der Waals surface area contributed by atoms with Crippen molar-refractivity contribution in [2.45, 2.75) is 25.1 Å². The summed E-state index contributed by atoms with van der Waals surface area (Å²) in [5, 5.41) is 3.79. The van der Waals surface area contributed by atoms with Gasteiger partial charge in [-0.05, 0) is 80.0 Å². The van der Waals surface area contributed by atoms with Crippen molar-refractivity contribution in [3.8, 4) is 5.75 Å². The van der Waals surface area contributed by atoms with Crippen molar-refractivity contribution in [2.24, 2.45) is 5.92 Å². The maximum atomic E-state index is 13.1. The number of halogens is 4. The molecule has 0 aliphatic carbocycles. The van der Waals surface area contributed by atoms with E-state index in [9.17, 15) is 18.0 Å². The highest BCUT2D eigenvalue weighted by Crippen LogP contribution is 2.30. The monoisotopic (exact) mass is 517 g/mol. The summed E-state index contributed by atoms with van der Waals surface area (Å²) in [4.78, 5) is 19.8. The highest BCUT2D eigenvalue weighted by molar-refractivity contribution is 6.30. The van der Waals surface area contributed by atoms with Crippen LogP contribution in [0.25, 0.3) is 0 Å². The van der Waals surface area contributed by atoms with E-state index in [1.807, 2.05) is 30.3 Å². The first-order valence-corrected chi connectivity index (χ1v) is 12.2. The summed E-state index contributed by atoms with van der Waals surface area (Å²) in [6.45, 7) is 2.48. The number of alkyl halides is 3. The SMILES string of the molecule is O=C(N[C@@H](c1ccc(Cl)cc1)c1ccccn1)C1CCN(CCOc2ccc(C(F)(F)F)cc2)CC1. The summed E-state index contributed by atoms with van der Waals surface area (Å²) < 4.78 is 43.6. The van der Waals surface area contributed by atoms with E-state index in [-0.39, 0.29) is 17.9 Å². The molecule has 0 spiro atoms. The predicted octanol–water partition coefficient (Wildman–Crippen LogP) is 5.75. The smallest absolute Gasteiger partial charge is 0.416 e. The molecule has 5 nitrogen and oxygen atoms in total. The first kappa shape index (κ1) is 26.0. The number of benzene rings is 2. The van der Waals surface area contributed by atoms with E-state index in [1.54, 1.807) is 18.3 Å². The molecular formula is C27H27ClF3N3O2. The molecular weight excluding hydrogens is 491 g/mol. The lowest BCUT2D eigenvalue weighted by Crippen LogP contribution is -2.42. The second kappa shape index (κ2) is 11.8. The number of rotatable bonds is 8. The predicted molar refractivity (Wildman–Crippen MR) is 132 cm³/mol. The van der Waals surface area contributed by atoms with Gasteiger partial charge in [-0.1, -0.05) is 29.8 Å². The molecule has 1 aliphatic heterocycles. The summed E-state index contributed by atoms with van der Waals surface area (Å²) >= 11 is 6.04. The van der Waals surface area contributed by atoms with E-state index in [1.165, 1.54) is 12.1 Å². The summed E-state index contributed by atoms with van der Waals surface area (Å²) in [5.74, 6) is 0.275. The van der Waals surface area contributed by atoms with Crippen LogP contribution < -0.4 is 10.1 Å². The van der Waals surface area contributed by atoms with Gasteiger partial charge in [0.25, 0.3) is 0 Å². The van der Waals surface area contributed by atoms with Gasteiger partial charge >= 0.3 is 6.18 Å². The van der Waals surface area contributed by atoms with Crippen molar-refractivity contribution in [3.05, 3.63) is 94.8 Å². The maximum Gasteiger partial charge on any atom is 0.416 e. The average molecular weight is 518 g/mol. The van der Waals surface area contributed by atoms with Crippen molar-refractivity contribution in [1.82, 2.24) is 15.2 Å². The van der Waals surface area contributed by atoms with Crippen LogP contribution in [0.2, 0.25) is 5.02 Å². The normalized spacial score (nSPS) is 15.9. The van der Waals surface area contributed by atoms with Gasteiger partial charge < -0.3 is 10.1 Å². The molecule has 1 aromatic heterocycles. The molecule has 1 atom stereocenters. The average Bonchev–Trinajstić information content (AvgIpc) is 2.88. The van der Waals surface area contributed by atoms with Gasteiger partial charge in [-0.25, -0.2) is 0 Å². The number of carbonyl (C=O) groups is 1. The van der Waals surface area contributed by atoms with Crippen LogP contribution in [0.5, 0.6) is 5.75 Å². The van der Waals surface area contributed by atoms with Gasteiger partial charge in [0.15, 0.2) is 0 Å². The number of hydrogen-bond donors (Lipinski definition) is 1. The molecule has 1 amide bonds. The fourth-order valence-electron chi connectivity index (χ4n) is 4.24. The molecule has 0 saturated carbocycles. The minimum Gasteiger partial charge on any atom is -0.492 e. The Morgan fingerprint density at radius 3 is 2.36 bits per heavy atom. The van der Waals surface area contributed by atoms with Crippen molar-refractivity contribution >= 4 is 17.5 Å². The Morgan fingerprint density at radius 1 is 1.06 bits per heavy atom. The molecule has 190 valence electrons. The van der Waals surface area contributed by atoms with E-state index >= 15 is 0 Å². The molecule has 1 saturated heterocycles. The number of piperidine rings is 1. The van der Waals surface area contributed by atoms with E-state index in [2.05, 4.69) is 15.2 Å². The molecule has 1 fully saturated rings. The lowest BCUT2D eigenvalue weighted by molar-refractivity contribution is -0.137. The van der Waals surface area contributed by atoms with E-state index < -0.39 is 11.7 Å². The van der Waals surface area contributed by atoms with Gasteiger partial charge in [0.2, 0.25) is 5.91 Å². The van der Waals surface area contributed by atoms with Gasteiger partial charge in [0.05, 0.1) is 17.3 Å². The number of aromatic nitrogens is 1. The molecule has 2 aromatic carbocycles. The first-order chi connectivity index (χ1) is 17.3. The Kier molecular flexibility index (Phi) is 8.48. The van der Waals surface area contributed by atoms with Crippen LogP contribution in [0.15, 0.2) is 72.9 Å². The number of nitrogens with zero attached hydrogens (tertiary/aromatic N) is 2. The molecule has 9 heteroatoms. The van der Waals surface area contributed by atoms with E-state index in [0.717, 1.165) is 36.5 Å². The summed E-state index contributed by atoms with van der Waals surface area (Å²) in [7, 11) is 0. The Balaban J connectivity index is 1.26. The fourth-order valence-corrected chi connectivity index (χ4v) is 4.37. The van der Waals surface area contributed by atoms with Crippen LogP contribution in [0.4, 0.5) is 13.2 Å². The molecule has 0 unspecified atom stereocenters. The van der Waals surface area contributed by atoms with Crippen LogP contribution in [0.3, 0.4) is 0 Å². The van der Waals surface area contributed by atoms with Crippen LogP contribution in [0, 0.1) is 5.92 Å². The molecule has 4 rings (SSSR count). The highest BCUT2D eigenvalue weighted by Gasteiger charge is 2.30. The van der Waals surface area contributed by atoms with Gasteiger partial charge in [0, 0.05) is 23.7 Å². The third kappa shape index (κ3) is 6.98. The Bertz CT molecular complexity index is 1120. The van der Waals surface area contributed by atoms with Gasteiger partial charge in [-0.2, -0.15) is 13.2 Å². The highest BCUT2D eigenvalue weighted by atomic mass is 35.5. The first-order valence-electron chi connectivity index (χ1n) is 11.8. The quantitative estimate of drug-likeness (QED) is 0.413. The zero-order chi connectivity index (χ0) is 25.5. The summed E-state index contributed by atoms with van der Waals surface area (Å²) in [6, 6.07) is 17.3. The van der Waals surface area contributed by atoms with Crippen molar-refractivity contribution < 1.29 is 22.7 Å². The Labute approximate surface area is 213 Å². The molecule has 2 heterocycles. The third-order valence-corrected chi connectivity index (χ3v) is 6.54. The van der Waals surface area contributed by atoms with Crippen molar-refractivity contribution in [1.29, 1.82) is 0 Å². The molecule has 36 heavy (non-hydrogen) atoms. The zero-order valence-electron chi connectivity index (χ0n) is 19.5. The number of hydrogen-bond acceptors (Lipinski definition) is 4. The van der Waals surface area contributed by atoms with E-state index in [4.69, 9.17) is 16.3 Å². The topological polar surface area (TPSA) is 54.5 Å². The van der Waals surface area contributed by atoms with Crippen LogP contribution >= 0.6 is 11.6 Å². The maximum absolute atomic E-state index is 13.1. The minimum absolute atomic E-state index is 0.0127. The largest absolute Gasteiger partial charge is 0.492 e. The zero-order valence-corrected chi connectivity index (χ0v) is 20.3. The summed E-state index contributed by atoms with van der Waals surface area (Å²) in [6.07, 6.45) is -1.24. The lowest BCUT2D eigenvalue weighted by atomic mass is 9.94. The van der Waals surface area contributed by atoms with Crippen LogP contribution in [-0.4, -0.2) is 42.0 Å². The Hall–Kier alpha value is -3.10. The van der Waals surface area contributed by atoms with Crippen molar-refractivity contribution in [2.75, 3.05) is 26.2 Å². The number of likely N-dealkylation sites (tertiary alicyclic amines) is 1. The fraction of sp³-hybridized carbons (Fsp3) is 0.333. The van der Waals surface area contributed by atoms with Gasteiger partial charge in [-0.3, -0.25) is 14.7 Å². The number of pyridine rings is 1. The number of ether oxygens (including phenoxy) is 1. The van der Waals surface area contributed by atoms with Gasteiger partial charge in [0.1, 0.15) is 12.4 Å².